The van der Waals surface area contributed by atoms with Crippen LogP contribution in [0.25, 0.3) is 0 Å². The summed E-state index contributed by atoms with van der Waals surface area (Å²) in [4.78, 5) is 0. The van der Waals surface area contributed by atoms with Crippen LogP contribution in [0.5, 0.6) is 0 Å². The van der Waals surface area contributed by atoms with E-state index in [-0.39, 0.29) is 12.1 Å². The molecule has 0 saturated carbocycles. The first-order valence-corrected chi connectivity index (χ1v) is 4.58. The number of aromatic nitrogens is 1. The van der Waals surface area contributed by atoms with E-state index in [4.69, 9.17) is 10.5 Å². The zero-order valence-electron chi connectivity index (χ0n) is 8.53. The van der Waals surface area contributed by atoms with Gasteiger partial charge < -0.3 is 15.0 Å². The fourth-order valence-electron chi connectivity index (χ4n) is 1.36. The molecule has 2 N–H and O–H groups in total. The van der Waals surface area contributed by atoms with Crippen LogP contribution in [0.15, 0.2) is 18.3 Å². The molecule has 1 aromatic rings. The van der Waals surface area contributed by atoms with Crippen molar-refractivity contribution in [2.45, 2.75) is 32.5 Å². The number of ether oxygens (including phenoxy) is 1. The second-order valence-electron chi connectivity index (χ2n) is 3.42. The Morgan fingerprint density at radius 2 is 2.23 bits per heavy atom. The van der Waals surface area contributed by atoms with Crippen LogP contribution < -0.4 is 5.73 Å². The zero-order chi connectivity index (χ0) is 9.84. The summed E-state index contributed by atoms with van der Waals surface area (Å²) >= 11 is 0. The first kappa shape index (κ1) is 10.3. The third-order valence-electron chi connectivity index (χ3n) is 2.19. The predicted octanol–water partition coefficient (Wildman–Crippen LogP) is 1.54. The first-order chi connectivity index (χ1) is 6.15. The lowest BCUT2D eigenvalue weighted by Crippen LogP contribution is -2.18. The molecule has 0 aliphatic heterocycles. The molecule has 0 bridgehead atoms. The van der Waals surface area contributed by atoms with Crippen molar-refractivity contribution in [2.24, 2.45) is 5.73 Å². The van der Waals surface area contributed by atoms with Crippen LogP contribution in [0, 0.1) is 0 Å². The molecule has 0 fully saturated rings. The second kappa shape index (κ2) is 4.44. The summed E-state index contributed by atoms with van der Waals surface area (Å²) in [6.07, 6.45) is 2.26. The van der Waals surface area contributed by atoms with Gasteiger partial charge in [-0.2, -0.15) is 0 Å². The minimum absolute atomic E-state index is 0.0825. The van der Waals surface area contributed by atoms with Gasteiger partial charge in [-0.15, -0.1) is 0 Å². The topological polar surface area (TPSA) is 40.2 Å². The Morgan fingerprint density at radius 3 is 2.77 bits per heavy atom. The molecule has 2 atom stereocenters. The van der Waals surface area contributed by atoms with E-state index in [9.17, 15) is 0 Å². The fourth-order valence-corrected chi connectivity index (χ4v) is 1.36. The molecule has 1 rings (SSSR count). The van der Waals surface area contributed by atoms with E-state index in [0.717, 1.165) is 12.2 Å². The summed E-state index contributed by atoms with van der Waals surface area (Å²) < 4.78 is 7.33. The van der Waals surface area contributed by atoms with Crippen LogP contribution in [0.1, 0.15) is 25.6 Å². The number of hydrogen-bond donors (Lipinski definition) is 1. The van der Waals surface area contributed by atoms with Crippen molar-refractivity contribution < 1.29 is 4.74 Å². The third-order valence-corrected chi connectivity index (χ3v) is 2.19. The number of nitrogens with two attached hydrogens (primary N) is 1. The predicted molar refractivity (Wildman–Crippen MR) is 53.5 cm³/mol. The molecule has 0 aliphatic rings. The minimum atomic E-state index is 0.0825. The molecular formula is C10H18N2O. The number of nitrogens with zero attached hydrogens (tertiary/aromatic N) is 1. The lowest BCUT2D eigenvalue weighted by atomic mass is 10.2. The van der Waals surface area contributed by atoms with Gasteiger partial charge in [0, 0.05) is 31.6 Å². The average molecular weight is 182 g/mol. The van der Waals surface area contributed by atoms with E-state index in [2.05, 4.69) is 4.57 Å². The molecule has 13 heavy (non-hydrogen) atoms. The lowest BCUT2D eigenvalue weighted by molar-refractivity contribution is 0.102. The van der Waals surface area contributed by atoms with Gasteiger partial charge in [-0.3, -0.25) is 0 Å². The SMILES string of the molecule is COC(C)Cn1cccc1C(C)N. The molecule has 0 amide bonds. The van der Waals surface area contributed by atoms with Gasteiger partial charge in [0.05, 0.1) is 6.10 Å². The van der Waals surface area contributed by atoms with Crippen LogP contribution in [0.4, 0.5) is 0 Å². The van der Waals surface area contributed by atoms with Crippen molar-refractivity contribution in [3.8, 4) is 0 Å². The highest BCUT2D eigenvalue weighted by atomic mass is 16.5. The van der Waals surface area contributed by atoms with Gasteiger partial charge in [0.15, 0.2) is 0 Å². The lowest BCUT2D eigenvalue weighted by Gasteiger charge is -2.15. The molecule has 3 nitrogen and oxygen atoms in total. The van der Waals surface area contributed by atoms with E-state index in [0.29, 0.717) is 0 Å². The van der Waals surface area contributed by atoms with Crippen molar-refractivity contribution in [1.82, 2.24) is 4.57 Å². The Labute approximate surface area is 79.5 Å². The van der Waals surface area contributed by atoms with Gasteiger partial charge in [0.2, 0.25) is 0 Å². The van der Waals surface area contributed by atoms with E-state index >= 15 is 0 Å². The standard InChI is InChI=1S/C10H18N2O/c1-8(13-3)7-12-6-4-5-10(12)9(2)11/h4-6,8-9H,7,11H2,1-3H3. The highest BCUT2D eigenvalue weighted by Crippen LogP contribution is 2.11. The molecule has 0 radical (unpaired) electrons. The second-order valence-corrected chi connectivity index (χ2v) is 3.42. The zero-order valence-corrected chi connectivity index (χ0v) is 8.53. The fraction of sp³-hybridized carbons (Fsp3) is 0.600. The third kappa shape index (κ3) is 2.57. The van der Waals surface area contributed by atoms with Crippen LogP contribution in [-0.4, -0.2) is 17.8 Å². The van der Waals surface area contributed by atoms with Crippen molar-refractivity contribution in [2.75, 3.05) is 7.11 Å². The van der Waals surface area contributed by atoms with Gasteiger partial charge >= 0.3 is 0 Å². The van der Waals surface area contributed by atoms with Crippen molar-refractivity contribution in [3.63, 3.8) is 0 Å². The maximum atomic E-state index is 5.81. The van der Waals surface area contributed by atoms with Crippen LogP contribution in [0.3, 0.4) is 0 Å². The minimum Gasteiger partial charge on any atom is -0.380 e. The van der Waals surface area contributed by atoms with Crippen LogP contribution in [-0.2, 0) is 11.3 Å². The van der Waals surface area contributed by atoms with Gasteiger partial charge in [0.25, 0.3) is 0 Å². The Balaban J connectivity index is 2.70. The van der Waals surface area contributed by atoms with Crippen LogP contribution >= 0.6 is 0 Å². The smallest absolute Gasteiger partial charge is 0.0722 e. The van der Waals surface area contributed by atoms with Crippen LogP contribution in [0.2, 0.25) is 0 Å². The van der Waals surface area contributed by atoms with Gasteiger partial charge in [-0.05, 0) is 26.0 Å². The normalized spacial score (nSPS) is 15.7. The number of methoxy groups -OCH3 is 1. The molecule has 1 heterocycles. The molecule has 0 aliphatic carbocycles. The molecule has 2 unspecified atom stereocenters. The summed E-state index contributed by atoms with van der Waals surface area (Å²) in [6.45, 7) is 4.90. The maximum absolute atomic E-state index is 5.81. The van der Waals surface area contributed by atoms with E-state index in [1.165, 1.54) is 0 Å². The number of rotatable bonds is 4. The Kier molecular flexibility index (Phi) is 3.51. The molecule has 0 saturated heterocycles. The molecule has 3 heteroatoms. The van der Waals surface area contributed by atoms with E-state index in [1.54, 1.807) is 7.11 Å². The highest BCUT2D eigenvalue weighted by Gasteiger charge is 2.07. The van der Waals surface area contributed by atoms with Crippen molar-refractivity contribution >= 4 is 0 Å². The monoisotopic (exact) mass is 182 g/mol. The van der Waals surface area contributed by atoms with Gasteiger partial charge in [0.1, 0.15) is 0 Å². The molecular weight excluding hydrogens is 164 g/mol. The summed E-state index contributed by atoms with van der Waals surface area (Å²) in [5, 5.41) is 0. The Bertz CT molecular complexity index is 255. The summed E-state index contributed by atoms with van der Waals surface area (Å²) in [5.74, 6) is 0. The summed E-state index contributed by atoms with van der Waals surface area (Å²) in [5.41, 5.74) is 6.97. The van der Waals surface area contributed by atoms with Crippen molar-refractivity contribution in [3.05, 3.63) is 24.0 Å². The largest absolute Gasteiger partial charge is 0.380 e. The van der Waals surface area contributed by atoms with E-state index < -0.39 is 0 Å². The average Bonchev–Trinajstić information content (AvgIpc) is 2.52. The quantitative estimate of drug-likeness (QED) is 0.767. The Hall–Kier alpha value is -0.800. The maximum Gasteiger partial charge on any atom is 0.0722 e. The highest BCUT2D eigenvalue weighted by molar-refractivity contribution is 5.10. The summed E-state index contributed by atoms with van der Waals surface area (Å²) in [7, 11) is 1.72. The molecule has 74 valence electrons. The first-order valence-electron chi connectivity index (χ1n) is 4.58. The van der Waals surface area contributed by atoms with E-state index in [1.807, 2.05) is 32.2 Å². The molecule has 1 aromatic heterocycles. The molecule has 0 aromatic carbocycles. The van der Waals surface area contributed by atoms with Gasteiger partial charge in [-0.1, -0.05) is 0 Å². The molecule has 0 spiro atoms. The summed E-state index contributed by atoms with van der Waals surface area (Å²) in [6, 6.07) is 4.15. The number of hydrogen-bond acceptors (Lipinski definition) is 2. The Morgan fingerprint density at radius 1 is 1.54 bits per heavy atom. The van der Waals surface area contributed by atoms with Gasteiger partial charge in [-0.25, -0.2) is 0 Å². The van der Waals surface area contributed by atoms with Crippen molar-refractivity contribution in [1.29, 1.82) is 0 Å².